The molecule has 2 aromatic heterocycles. The number of hydrogen-bond acceptors (Lipinski definition) is 4. The highest BCUT2D eigenvalue weighted by Gasteiger charge is 2.17. The number of carbonyl (C=O) groups is 2. The summed E-state index contributed by atoms with van der Waals surface area (Å²) in [4.78, 5) is 24.3. The highest BCUT2D eigenvalue weighted by molar-refractivity contribution is 5.99. The van der Waals surface area contributed by atoms with Gasteiger partial charge in [-0.1, -0.05) is 12.1 Å². The number of carbonyl (C=O) groups excluding carboxylic acids is 2. The zero-order chi connectivity index (χ0) is 19.4. The van der Waals surface area contributed by atoms with Gasteiger partial charge >= 0.3 is 5.97 Å². The van der Waals surface area contributed by atoms with Crippen molar-refractivity contribution in [3.63, 3.8) is 0 Å². The highest BCUT2D eigenvalue weighted by Crippen LogP contribution is 2.18. The van der Waals surface area contributed by atoms with E-state index in [-0.39, 0.29) is 24.8 Å². The van der Waals surface area contributed by atoms with E-state index in [9.17, 15) is 14.0 Å². The zero-order valence-corrected chi connectivity index (χ0v) is 15.2. The minimum Gasteiger partial charge on any atom is -0.456 e. The van der Waals surface area contributed by atoms with E-state index < -0.39 is 5.97 Å². The van der Waals surface area contributed by atoms with Crippen molar-refractivity contribution in [3.8, 4) is 0 Å². The number of benzene rings is 1. The number of Topliss-reactive ketones (excluding diaryl/α,β-unsaturated/α-hetero) is 1. The molecule has 1 aromatic carbocycles. The van der Waals surface area contributed by atoms with Gasteiger partial charge in [-0.3, -0.25) is 14.3 Å². The van der Waals surface area contributed by atoms with E-state index in [1.165, 1.54) is 16.8 Å². The standard InChI is InChI=1S/C20H20FN3O3/c1-14-10-18(15(2)24(14)11-16-4-6-17(21)7-5-16)19(25)13-27-20(26)12-23-9-3-8-22-23/h3-10H,11-13H2,1-2H3. The van der Waals surface area contributed by atoms with Gasteiger partial charge in [-0.15, -0.1) is 0 Å². The van der Waals surface area contributed by atoms with Gasteiger partial charge in [0.2, 0.25) is 5.78 Å². The van der Waals surface area contributed by atoms with E-state index in [2.05, 4.69) is 5.10 Å². The number of aryl methyl sites for hydroxylation is 1. The van der Waals surface area contributed by atoms with Gasteiger partial charge in [0.15, 0.2) is 6.61 Å². The van der Waals surface area contributed by atoms with Crippen LogP contribution in [0.2, 0.25) is 0 Å². The normalized spacial score (nSPS) is 10.8. The molecule has 0 aliphatic rings. The van der Waals surface area contributed by atoms with Crippen LogP contribution in [0.5, 0.6) is 0 Å². The first-order chi connectivity index (χ1) is 12.9. The molecule has 3 aromatic rings. The molecule has 0 saturated carbocycles. The van der Waals surface area contributed by atoms with Crippen molar-refractivity contribution in [1.82, 2.24) is 14.3 Å². The monoisotopic (exact) mass is 369 g/mol. The largest absolute Gasteiger partial charge is 0.456 e. The molecule has 0 aliphatic carbocycles. The van der Waals surface area contributed by atoms with Crippen LogP contribution in [-0.4, -0.2) is 32.7 Å². The van der Waals surface area contributed by atoms with Crippen molar-refractivity contribution in [2.45, 2.75) is 26.9 Å². The second-order valence-electron chi connectivity index (χ2n) is 6.28. The molecule has 0 amide bonds. The average Bonchev–Trinajstić information content (AvgIpc) is 3.24. The van der Waals surface area contributed by atoms with Gasteiger partial charge in [-0.05, 0) is 43.7 Å². The molecule has 0 unspecified atom stereocenters. The molecule has 0 radical (unpaired) electrons. The van der Waals surface area contributed by atoms with Crippen LogP contribution in [0.15, 0.2) is 48.8 Å². The molecule has 0 N–H and O–H groups in total. The fraction of sp³-hybridized carbons (Fsp3) is 0.250. The number of nitrogens with zero attached hydrogens (tertiary/aromatic N) is 3. The molecular weight excluding hydrogens is 349 g/mol. The van der Waals surface area contributed by atoms with Gasteiger partial charge < -0.3 is 9.30 Å². The maximum absolute atomic E-state index is 13.1. The average molecular weight is 369 g/mol. The van der Waals surface area contributed by atoms with Crippen molar-refractivity contribution in [2.75, 3.05) is 6.61 Å². The first-order valence-corrected chi connectivity index (χ1v) is 8.51. The number of aromatic nitrogens is 3. The lowest BCUT2D eigenvalue weighted by atomic mass is 10.1. The molecule has 3 rings (SSSR count). The summed E-state index contributed by atoms with van der Waals surface area (Å²) < 4.78 is 21.5. The third-order valence-corrected chi connectivity index (χ3v) is 4.34. The van der Waals surface area contributed by atoms with Crippen LogP contribution in [0.3, 0.4) is 0 Å². The van der Waals surface area contributed by atoms with Crippen molar-refractivity contribution in [1.29, 1.82) is 0 Å². The lowest BCUT2D eigenvalue weighted by molar-refractivity contribution is -0.143. The lowest BCUT2D eigenvalue weighted by Gasteiger charge is -2.10. The van der Waals surface area contributed by atoms with Gasteiger partial charge in [0, 0.05) is 35.9 Å². The minimum absolute atomic E-state index is 0.0378. The molecule has 0 bridgehead atoms. The Labute approximate surface area is 156 Å². The summed E-state index contributed by atoms with van der Waals surface area (Å²) in [5.74, 6) is -1.07. The predicted molar refractivity (Wildman–Crippen MR) is 96.9 cm³/mol. The quantitative estimate of drug-likeness (QED) is 0.474. The molecule has 2 heterocycles. The molecule has 0 aliphatic heterocycles. The van der Waals surface area contributed by atoms with E-state index in [4.69, 9.17) is 4.74 Å². The fourth-order valence-electron chi connectivity index (χ4n) is 2.89. The van der Waals surface area contributed by atoms with E-state index in [0.717, 1.165) is 17.0 Å². The van der Waals surface area contributed by atoms with Gasteiger partial charge in [-0.2, -0.15) is 5.10 Å². The Morgan fingerprint density at radius 3 is 2.59 bits per heavy atom. The van der Waals surface area contributed by atoms with Crippen LogP contribution in [0, 0.1) is 19.7 Å². The molecule has 27 heavy (non-hydrogen) atoms. The van der Waals surface area contributed by atoms with Gasteiger partial charge in [0.25, 0.3) is 0 Å². The molecule has 6 nitrogen and oxygen atoms in total. The summed E-state index contributed by atoms with van der Waals surface area (Å²) in [6.45, 7) is 3.92. The Balaban J connectivity index is 1.65. The Morgan fingerprint density at radius 2 is 1.93 bits per heavy atom. The topological polar surface area (TPSA) is 66.1 Å². The third-order valence-electron chi connectivity index (χ3n) is 4.34. The second kappa shape index (κ2) is 7.99. The number of rotatable bonds is 7. The summed E-state index contributed by atoms with van der Waals surface area (Å²) in [6.07, 6.45) is 3.21. The van der Waals surface area contributed by atoms with Crippen molar-refractivity contribution >= 4 is 11.8 Å². The number of ether oxygens (including phenoxy) is 1. The fourth-order valence-corrected chi connectivity index (χ4v) is 2.89. The molecule has 0 saturated heterocycles. The van der Waals surface area contributed by atoms with E-state index in [0.29, 0.717) is 12.1 Å². The number of ketones is 1. The Hall–Kier alpha value is -3.22. The van der Waals surface area contributed by atoms with E-state index >= 15 is 0 Å². The Kier molecular flexibility index (Phi) is 5.49. The number of halogens is 1. The van der Waals surface area contributed by atoms with Crippen molar-refractivity contribution in [2.24, 2.45) is 0 Å². The molecule has 0 fully saturated rings. The van der Waals surface area contributed by atoms with Crippen LogP contribution in [-0.2, 0) is 22.6 Å². The van der Waals surface area contributed by atoms with Gasteiger partial charge in [-0.25, -0.2) is 4.39 Å². The van der Waals surface area contributed by atoms with Gasteiger partial charge in [0.1, 0.15) is 12.4 Å². The molecule has 0 atom stereocenters. The molecular formula is C20H20FN3O3. The second-order valence-corrected chi connectivity index (χ2v) is 6.28. The maximum atomic E-state index is 13.1. The van der Waals surface area contributed by atoms with Crippen molar-refractivity contribution < 1.29 is 18.7 Å². The summed E-state index contributed by atoms with van der Waals surface area (Å²) in [6, 6.07) is 9.74. The minimum atomic E-state index is -0.521. The van der Waals surface area contributed by atoms with Gasteiger partial charge in [0.05, 0.1) is 0 Å². The SMILES string of the molecule is Cc1cc(C(=O)COC(=O)Cn2cccn2)c(C)n1Cc1ccc(F)cc1. The van der Waals surface area contributed by atoms with Crippen LogP contribution < -0.4 is 0 Å². The Morgan fingerprint density at radius 1 is 1.19 bits per heavy atom. The molecule has 0 spiro atoms. The summed E-state index contributed by atoms with van der Waals surface area (Å²) >= 11 is 0. The number of hydrogen-bond donors (Lipinski definition) is 0. The first kappa shape index (κ1) is 18.6. The van der Waals surface area contributed by atoms with Crippen molar-refractivity contribution in [3.05, 3.63) is 77.1 Å². The van der Waals surface area contributed by atoms with Crippen LogP contribution >= 0.6 is 0 Å². The van der Waals surface area contributed by atoms with Crippen LogP contribution in [0.4, 0.5) is 4.39 Å². The molecule has 140 valence electrons. The zero-order valence-electron chi connectivity index (χ0n) is 15.2. The van der Waals surface area contributed by atoms with Crippen LogP contribution in [0.1, 0.15) is 27.3 Å². The highest BCUT2D eigenvalue weighted by atomic mass is 19.1. The predicted octanol–water partition coefficient (Wildman–Crippen LogP) is 2.91. The third kappa shape index (κ3) is 4.49. The van der Waals surface area contributed by atoms with E-state index in [1.54, 1.807) is 36.7 Å². The summed E-state index contributed by atoms with van der Waals surface area (Å²) in [5, 5.41) is 3.92. The summed E-state index contributed by atoms with van der Waals surface area (Å²) in [7, 11) is 0. The van der Waals surface area contributed by atoms with E-state index in [1.807, 2.05) is 18.4 Å². The lowest BCUT2D eigenvalue weighted by Crippen LogP contribution is -2.19. The van der Waals surface area contributed by atoms with Crippen LogP contribution in [0.25, 0.3) is 0 Å². The maximum Gasteiger partial charge on any atom is 0.328 e. The smallest absolute Gasteiger partial charge is 0.328 e. The molecule has 7 heteroatoms. The number of esters is 1. The first-order valence-electron chi connectivity index (χ1n) is 8.51. The summed E-state index contributed by atoms with van der Waals surface area (Å²) in [5.41, 5.74) is 3.14. The Bertz CT molecular complexity index is 944.